The van der Waals surface area contributed by atoms with Crippen LogP contribution in [0.25, 0.3) is 0 Å². The summed E-state index contributed by atoms with van der Waals surface area (Å²) in [5.74, 6) is 0.652. The molecule has 1 unspecified atom stereocenters. The van der Waals surface area contributed by atoms with Crippen LogP contribution in [0.15, 0.2) is 46.9 Å². The van der Waals surface area contributed by atoms with Gasteiger partial charge in [-0.25, -0.2) is 0 Å². The van der Waals surface area contributed by atoms with Gasteiger partial charge in [-0.15, -0.1) is 0 Å². The SMILES string of the molecule is CCC(C)NC(=O)c1cccc(CNC(=O)CCc2ccc(OC)c(Br)c2)c1. The number of rotatable bonds is 9. The van der Waals surface area contributed by atoms with E-state index < -0.39 is 0 Å². The van der Waals surface area contributed by atoms with E-state index in [9.17, 15) is 9.59 Å². The fourth-order valence-corrected chi connectivity index (χ4v) is 3.23. The predicted molar refractivity (Wildman–Crippen MR) is 115 cm³/mol. The zero-order valence-electron chi connectivity index (χ0n) is 16.5. The summed E-state index contributed by atoms with van der Waals surface area (Å²) >= 11 is 3.46. The van der Waals surface area contributed by atoms with Crippen LogP contribution in [0, 0.1) is 0 Å². The maximum Gasteiger partial charge on any atom is 0.251 e. The number of carbonyl (C=O) groups is 2. The number of benzene rings is 2. The second-order valence-corrected chi connectivity index (χ2v) is 7.58. The molecule has 2 aromatic rings. The average Bonchev–Trinajstić information content (AvgIpc) is 2.70. The molecule has 2 rings (SSSR count). The van der Waals surface area contributed by atoms with Gasteiger partial charge in [0.05, 0.1) is 11.6 Å². The van der Waals surface area contributed by atoms with Crippen LogP contribution >= 0.6 is 15.9 Å². The minimum Gasteiger partial charge on any atom is -0.496 e. The zero-order valence-corrected chi connectivity index (χ0v) is 18.1. The van der Waals surface area contributed by atoms with Crippen LogP contribution in [0.4, 0.5) is 0 Å². The lowest BCUT2D eigenvalue weighted by Crippen LogP contribution is -2.32. The third-order valence-corrected chi connectivity index (χ3v) is 5.15. The highest BCUT2D eigenvalue weighted by atomic mass is 79.9. The summed E-state index contributed by atoms with van der Waals surface area (Å²) in [4.78, 5) is 24.4. The number of carbonyl (C=O) groups excluding carboxylic acids is 2. The van der Waals surface area contributed by atoms with E-state index in [1.54, 1.807) is 13.2 Å². The van der Waals surface area contributed by atoms with Crippen molar-refractivity contribution in [3.63, 3.8) is 0 Å². The molecule has 0 fully saturated rings. The Kier molecular flexibility index (Phi) is 8.51. The standard InChI is InChI=1S/C22H27BrN2O3/c1-4-15(2)25-22(27)18-7-5-6-17(12-18)14-24-21(26)11-9-16-8-10-20(28-3)19(23)13-16/h5-8,10,12-13,15H,4,9,11,14H2,1-3H3,(H,24,26)(H,25,27). The van der Waals surface area contributed by atoms with Crippen LogP contribution in [0.5, 0.6) is 5.75 Å². The highest BCUT2D eigenvalue weighted by Crippen LogP contribution is 2.25. The number of ether oxygens (including phenoxy) is 1. The first kappa shape index (κ1) is 22.0. The van der Waals surface area contributed by atoms with E-state index in [1.807, 2.05) is 50.2 Å². The number of hydrogen-bond donors (Lipinski definition) is 2. The third kappa shape index (κ3) is 6.68. The van der Waals surface area contributed by atoms with Crippen LogP contribution in [-0.4, -0.2) is 25.0 Å². The van der Waals surface area contributed by atoms with Crippen LogP contribution in [0.1, 0.15) is 48.2 Å². The predicted octanol–water partition coefficient (Wildman–Crippen LogP) is 4.24. The van der Waals surface area contributed by atoms with Gasteiger partial charge in [0.25, 0.3) is 5.91 Å². The minimum atomic E-state index is -0.0902. The van der Waals surface area contributed by atoms with Crippen LogP contribution in [-0.2, 0) is 17.8 Å². The first-order valence-electron chi connectivity index (χ1n) is 9.41. The molecule has 0 aromatic heterocycles. The molecule has 0 heterocycles. The fourth-order valence-electron chi connectivity index (χ4n) is 2.64. The molecule has 0 aliphatic rings. The lowest BCUT2D eigenvalue weighted by molar-refractivity contribution is -0.121. The summed E-state index contributed by atoms with van der Waals surface area (Å²) in [5, 5.41) is 5.87. The van der Waals surface area contributed by atoms with E-state index in [2.05, 4.69) is 26.6 Å². The Morgan fingerprint density at radius 3 is 2.61 bits per heavy atom. The highest BCUT2D eigenvalue weighted by Gasteiger charge is 2.10. The molecular formula is C22H27BrN2O3. The van der Waals surface area contributed by atoms with Crippen molar-refractivity contribution < 1.29 is 14.3 Å². The third-order valence-electron chi connectivity index (χ3n) is 4.53. The highest BCUT2D eigenvalue weighted by molar-refractivity contribution is 9.10. The molecule has 28 heavy (non-hydrogen) atoms. The molecule has 0 aliphatic heterocycles. The maximum atomic E-state index is 12.2. The molecule has 150 valence electrons. The van der Waals surface area contributed by atoms with E-state index in [1.165, 1.54) is 0 Å². The zero-order chi connectivity index (χ0) is 20.5. The van der Waals surface area contributed by atoms with Crippen molar-refractivity contribution in [1.82, 2.24) is 10.6 Å². The topological polar surface area (TPSA) is 67.4 Å². The Labute approximate surface area is 175 Å². The number of nitrogens with one attached hydrogen (secondary N) is 2. The molecule has 0 saturated heterocycles. The number of amides is 2. The first-order valence-corrected chi connectivity index (χ1v) is 10.2. The molecule has 1 atom stereocenters. The monoisotopic (exact) mass is 446 g/mol. The largest absolute Gasteiger partial charge is 0.496 e. The van der Waals surface area contributed by atoms with Gasteiger partial charge in [-0.2, -0.15) is 0 Å². The van der Waals surface area contributed by atoms with Gasteiger partial charge in [0, 0.05) is 24.6 Å². The van der Waals surface area contributed by atoms with Crippen LogP contribution in [0.3, 0.4) is 0 Å². The van der Waals surface area contributed by atoms with Crippen LogP contribution < -0.4 is 15.4 Å². The molecule has 0 spiro atoms. The van der Waals surface area contributed by atoms with Gasteiger partial charge in [0.15, 0.2) is 0 Å². The lowest BCUT2D eigenvalue weighted by atomic mass is 10.1. The van der Waals surface area contributed by atoms with Crippen molar-refractivity contribution in [3.05, 3.63) is 63.6 Å². The fraction of sp³-hybridized carbons (Fsp3) is 0.364. The summed E-state index contributed by atoms with van der Waals surface area (Å²) in [5.41, 5.74) is 2.57. The van der Waals surface area contributed by atoms with Gasteiger partial charge >= 0.3 is 0 Å². The Morgan fingerprint density at radius 1 is 1.14 bits per heavy atom. The molecule has 0 aliphatic carbocycles. The molecule has 0 saturated carbocycles. The van der Waals surface area contributed by atoms with Crippen molar-refractivity contribution in [2.24, 2.45) is 0 Å². The smallest absolute Gasteiger partial charge is 0.251 e. The summed E-state index contributed by atoms with van der Waals surface area (Å²) in [7, 11) is 1.62. The molecule has 2 amide bonds. The van der Waals surface area contributed by atoms with E-state index in [0.29, 0.717) is 24.9 Å². The van der Waals surface area contributed by atoms with E-state index in [0.717, 1.165) is 27.8 Å². The van der Waals surface area contributed by atoms with E-state index in [4.69, 9.17) is 4.74 Å². The Morgan fingerprint density at radius 2 is 1.93 bits per heavy atom. The number of hydrogen-bond acceptors (Lipinski definition) is 3. The lowest BCUT2D eigenvalue weighted by Gasteiger charge is -2.12. The maximum absolute atomic E-state index is 12.2. The van der Waals surface area contributed by atoms with Gasteiger partial charge in [-0.1, -0.05) is 25.1 Å². The second-order valence-electron chi connectivity index (χ2n) is 6.73. The van der Waals surface area contributed by atoms with Gasteiger partial charge in [-0.05, 0) is 71.1 Å². The Balaban J connectivity index is 1.85. The Bertz CT molecular complexity index is 823. The first-order chi connectivity index (χ1) is 13.4. The summed E-state index contributed by atoms with van der Waals surface area (Å²) in [6.45, 7) is 4.40. The summed E-state index contributed by atoms with van der Waals surface area (Å²) in [6.07, 6.45) is 1.92. The van der Waals surface area contributed by atoms with Gasteiger partial charge in [0.2, 0.25) is 5.91 Å². The van der Waals surface area contributed by atoms with E-state index in [-0.39, 0.29) is 17.9 Å². The van der Waals surface area contributed by atoms with Gasteiger partial charge in [-0.3, -0.25) is 9.59 Å². The molecular weight excluding hydrogens is 420 g/mol. The summed E-state index contributed by atoms with van der Waals surface area (Å²) < 4.78 is 6.09. The number of aryl methyl sites for hydroxylation is 1. The quantitative estimate of drug-likeness (QED) is 0.605. The normalized spacial score (nSPS) is 11.6. The van der Waals surface area contributed by atoms with Crippen molar-refractivity contribution in [3.8, 4) is 5.75 Å². The summed E-state index contributed by atoms with van der Waals surface area (Å²) in [6, 6.07) is 13.3. The van der Waals surface area contributed by atoms with Gasteiger partial charge < -0.3 is 15.4 Å². The van der Waals surface area contributed by atoms with Gasteiger partial charge in [0.1, 0.15) is 5.75 Å². The molecule has 0 bridgehead atoms. The molecule has 0 radical (unpaired) electrons. The number of halogens is 1. The Hall–Kier alpha value is -2.34. The van der Waals surface area contributed by atoms with Crippen LogP contribution in [0.2, 0.25) is 0 Å². The minimum absolute atomic E-state index is 0.0265. The molecule has 5 nitrogen and oxygen atoms in total. The molecule has 2 aromatic carbocycles. The average molecular weight is 447 g/mol. The second kappa shape index (κ2) is 10.9. The van der Waals surface area contributed by atoms with E-state index >= 15 is 0 Å². The van der Waals surface area contributed by atoms with Crippen molar-refractivity contribution >= 4 is 27.7 Å². The molecule has 2 N–H and O–H groups in total. The van der Waals surface area contributed by atoms with Crippen molar-refractivity contribution in [2.75, 3.05) is 7.11 Å². The molecule has 6 heteroatoms. The van der Waals surface area contributed by atoms with Crippen molar-refractivity contribution in [2.45, 2.75) is 45.7 Å². The van der Waals surface area contributed by atoms with Crippen molar-refractivity contribution in [1.29, 1.82) is 0 Å². The number of methoxy groups -OCH3 is 1.